The molecule has 2 aromatic carbocycles. The highest BCUT2D eigenvalue weighted by Crippen LogP contribution is 2.29. The lowest BCUT2D eigenvalue weighted by Crippen LogP contribution is -2.86. The summed E-state index contributed by atoms with van der Waals surface area (Å²) in [6, 6.07) is 13.1. The summed E-state index contributed by atoms with van der Waals surface area (Å²) in [6.45, 7) is 2.34. The number of carbonyl (C=O) groups excluding carboxylic acids is 1. The van der Waals surface area contributed by atoms with Gasteiger partial charge in [-0.15, -0.1) is 0 Å². The van der Waals surface area contributed by atoms with Gasteiger partial charge in [0.1, 0.15) is 6.04 Å². The molecule has 0 aliphatic carbocycles. The Labute approximate surface area is 146 Å². The Morgan fingerprint density at radius 1 is 1.17 bits per heavy atom. The van der Waals surface area contributed by atoms with Crippen molar-refractivity contribution in [3.63, 3.8) is 0 Å². The predicted octanol–water partition coefficient (Wildman–Crippen LogP) is 2.62. The van der Waals surface area contributed by atoms with Crippen molar-refractivity contribution in [2.24, 2.45) is 0 Å². The number of hydrogen-bond acceptors (Lipinski definition) is 3. The number of rotatable bonds is 7. The van der Waals surface area contributed by atoms with E-state index in [1.165, 1.54) is 0 Å². The quantitative estimate of drug-likeness (QED) is 0.807. The van der Waals surface area contributed by atoms with Gasteiger partial charge >= 0.3 is 0 Å². The Balaban J connectivity index is 1.91. The minimum atomic E-state index is -0.0869. The highest BCUT2D eigenvalue weighted by molar-refractivity contribution is 6.30. The number of quaternary nitrogens is 1. The number of nitrogens with one attached hydrogen (secondary N) is 1. The summed E-state index contributed by atoms with van der Waals surface area (Å²) in [4.78, 5) is 12.1. The molecule has 0 aliphatic heterocycles. The number of methoxy groups -OCH3 is 2. The fourth-order valence-corrected chi connectivity index (χ4v) is 2.53. The molecule has 0 saturated heterocycles. The molecule has 3 N–H and O–H groups in total. The van der Waals surface area contributed by atoms with Gasteiger partial charge in [-0.05, 0) is 31.2 Å². The number of nitrogens with two attached hydrogens (primary N) is 1. The van der Waals surface area contributed by atoms with E-state index >= 15 is 0 Å². The van der Waals surface area contributed by atoms with Crippen molar-refractivity contribution in [1.29, 1.82) is 0 Å². The zero-order chi connectivity index (χ0) is 17.5. The highest BCUT2D eigenvalue weighted by Gasteiger charge is 2.13. The van der Waals surface area contributed by atoms with E-state index in [0.717, 1.165) is 5.56 Å². The molecule has 0 spiro atoms. The normalized spacial score (nSPS) is 11.7. The van der Waals surface area contributed by atoms with Crippen LogP contribution in [0.15, 0.2) is 42.5 Å². The first kappa shape index (κ1) is 18.1. The summed E-state index contributed by atoms with van der Waals surface area (Å²) in [5, 5.41) is 5.51. The summed E-state index contributed by atoms with van der Waals surface area (Å²) >= 11 is 6.00. The number of anilines is 1. The van der Waals surface area contributed by atoms with Crippen LogP contribution in [0.2, 0.25) is 5.02 Å². The van der Waals surface area contributed by atoms with Crippen LogP contribution in [0.4, 0.5) is 5.69 Å². The van der Waals surface area contributed by atoms with Crippen LogP contribution in [-0.4, -0.2) is 26.7 Å². The summed E-state index contributed by atoms with van der Waals surface area (Å²) in [5.41, 5.74) is 1.75. The second-order valence-electron chi connectivity index (χ2n) is 5.40. The van der Waals surface area contributed by atoms with Crippen molar-refractivity contribution >= 4 is 23.2 Å². The average Bonchev–Trinajstić information content (AvgIpc) is 2.59. The first-order valence-corrected chi connectivity index (χ1v) is 8.02. The van der Waals surface area contributed by atoms with E-state index in [-0.39, 0.29) is 11.9 Å². The zero-order valence-corrected chi connectivity index (χ0v) is 14.8. The van der Waals surface area contributed by atoms with Crippen molar-refractivity contribution < 1.29 is 19.6 Å². The van der Waals surface area contributed by atoms with Crippen molar-refractivity contribution in [1.82, 2.24) is 0 Å². The lowest BCUT2D eigenvalue weighted by molar-refractivity contribution is -0.682. The number of carbonyl (C=O) groups is 1. The Hall–Kier alpha value is -2.24. The third-order valence-electron chi connectivity index (χ3n) is 3.70. The second kappa shape index (κ2) is 8.57. The number of benzene rings is 2. The fourth-order valence-electron chi connectivity index (χ4n) is 2.34. The van der Waals surface area contributed by atoms with Crippen LogP contribution < -0.4 is 20.1 Å². The van der Waals surface area contributed by atoms with Crippen LogP contribution in [-0.2, 0) is 4.79 Å². The third-order valence-corrected chi connectivity index (χ3v) is 3.93. The van der Waals surface area contributed by atoms with Gasteiger partial charge in [-0.2, -0.15) is 0 Å². The number of ether oxygens (including phenoxy) is 2. The number of halogens is 1. The first-order valence-electron chi connectivity index (χ1n) is 7.64. The second-order valence-corrected chi connectivity index (χ2v) is 5.84. The van der Waals surface area contributed by atoms with Gasteiger partial charge in [0.05, 0.1) is 14.2 Å². The monoisotopic (exact) mass is 349 g/mol. The molecule has 0 unspecified atom stereocenters. The number of hydrogen-bond donors (Lipinski definition) is 2. The topological polar surface area (TPSA) is 64.2 Å². The molecule has 0 aliphatic rings. The van der Waals surface area contributed by atoms with E-state index in [2.05, 4.69) is 5.32 Å². The van der Waals surface area contributed by atoms with Crippen molar-refractivity contribution in [2.45, 2.75) is 13.0 Å². The standard InChI is InChI=1S/C18H21ClN2O3/c1-12(13-5-4-6-14(19)9-13)20-11-18(22)21-15-7-8-16(23-2)17(10-15)24-3/h4-10,12,20H,11H2,1-3H3,(H,21,22)/p+1/t12-/m0/s1. The Morgan fingerprint density at radius 2 is 1.92 bits per heavy atom. The molecule has 0 aromatic heterocycles. The third kappa shape index (κ3) is 4.88. The van der Waals surface area contributed by atoms with Gasteiger partial charge in [0.25, 0.3) is 5.91 Å². The van der Waals surface area contributed by atoms with E-state index in [1.54, 1.807) is 32.4 Å². The molecule has 6 heteroatoms. The smallest absolute Gasteiger partial charge is 0.279 e. The van der Waals surface area contributed by atoms with Gasteiger partial charge < -0.3 is 20.1 Å². The summed E-state index contributed by atoms with van der Waals surface area (Å²) in [7, 11) is 3.13. The fraction of sp³-hybridized carbons (Fsp3) is 0.278. The van der Waals surface area contributed by atoms with Crippen LogP contribution in [0.3, 0.4) is 0 Å². The van der Waals surface area contributed by atoms with E-state index < -0.39 is 0 Å². The van der Waals surface area contributed by atoms with E-state index in [0.29, 0.717) is 28.8 Å². The maximum Gasteiger partial charge on any atom is 0.279 e. The minimum absolute atomic E-state index is 0.0869. The maximum atomic E-state index is 12.1. The molecule has 0 fully saturated rings. The lowest BCUT2D eigenvalue weighted by atomic mass is 10.1. The average molecular weight is 350 g/mol. The molecule has 0 saturated carbocycles. The molecular formula is C18H22ClN2O3+. The van der Waals surface area contributed by atoms with E-state index in [4.69, 9.17) is 21.1 Å². The van der Waals surface area contributed by atoms with E-state index in [9.17, 15) is 4.79 Å². The SMILES string of the molecule is COc1ccc(NC(=O)C[NH2+][C@@H](C)c2cccc(Cl)c2)cc1OC. The van der Waals surface area contributed by atoms with Crippen LogP contribution in [0.1, 0.15) is 18.5 Å². The first-order chi connectivity index (χ1) is 11.5. The molecule has 1 amide bonds. The van der Waals surface area contributed by atoms with E-state index in [1.807, 2.05) is 36.5 Å². The highest BCUT2D eigenvalue weighted by atomic mass is 35.5. The van der Waals surface area contributed by atoms with Crippen LogP contribution in [0, 0.1) is 0 Å². The van der Waals surface area contributed by atoms with Gasteiger partial charge in [0, 0.05) is 22.3 Å². The Bertz CT molecular complexity index is 706. The molecule has 1 atom stereocenters. The summed E-state index contributed by atoms with van der Waals surface area (Å²) < 4.78 is 10.4. The molecule has 5 nitrogen and oxygen atoms in total. The molecule has 0 bridgehead atoms. The largest absolute Gasteiger partial charge is 0.493 e. The van der Waals surface area contributed by atoms with Crippen molar-refractivity contribution in [3.05, 3.63) is 53.1 Å². The van der Waals surface area contributed by atoms with Crippen molar-refractivity contribution in [2.75, 3.05) is 26.1 Å². The van der Waals surface area contributed by atoms with Crippen molar-refractivity contribution in [3.8, 4) is 11.5 Å². The molecule has 0 heterocycles. The minimum Gasteiger partial charge on any atom is -0.493 e. The summed E-state index contributed by atoms with van der Waals surface area (Å²) in [5.74, 6) is 1.11. The summed E-state index contributed by atoms with van der Waals surface area (Å²) in [6.07, 6.45) is 0. The number of amides is 1. The molecule has 0 radical (unpaired) electrons. The maximum absolute atomic E-state index is 12.1. The molecule has 2 rings (SSSR count). The van der Waals surface area contributed by atoms with Crippen LogP contribution in [0.25, 0.3) is 0 Å². The van der Waals surface area contributed by atoms with Gasteiger partial charge in [-0.1, -0.05) is 23.7 Å². The van der Waals surface area contributed by atoms with Crippen LogP contribution >= 0.6 is 11.6 Å². The van der Waals surface area contributed by atoms with Gasteiger partial charge in [-0.25, -0.2) is 0 Å². The Kier molecular flexibility index (Phi) is 6.46. The van der Waals surface area contributed by atoms with Gasteiger partial charge in [0.2, 0.25) is 0 Å². The molecule has 128 valence electrons. The zero-order valence-electron chi connectivity index (χ0n) is 14.0. The lowest BCUT2D eigenvalue weighted by Gasteiger charge is -2.12. The molecule has 24 heavy (non-hydrogen) atoms. The molecular weight excluding hydrogens is 328 g/mol. The van der Waals surface area contributed by atoms with Gasteiger partial charge in [0.15, 0.2) is 18.0 Å². The van der Waals surface area contributed by atoms with Crippen LogP contribution in [0.5, 0.6) is 11.5 Å². The van der Waals surface area contributed by atoms with Gasteiger partial charge in [-0.3, -0.25) is 4.79 Å². The molecule has 2 aromatic rings. The Morgan fingerprint density at radius 3 is 2.58 bits per heavy atom. The predicted molar refractivity (Wildman–Crippen MR) is 94.8 cm³/mol.